The maximum Gasteiger partial charge on any atom is 0.200 e. The standard InChI is InChI=1S/C30H32F2O/c1-3-21-7-13-24(14-8-21)25-15-9-22(10-16-25)5-6-23-11-17-26(18-12-23)27-19-20-28(33-4-2)30(32)29(27)31/h3,7-10,13-16,19-20,23,26H,1,4-6,11-12,17-18H2,2H3. The smallest absolute Gasteiger partial charge is 0.200 e. The van der Waals surface area contributed by atoms with Gasteiger partial charge in [-0.15, -0.1) is 0 Å². The van der Waals surface area contributed by atoms with Crippen molar-refractivity contribution in [2.24, 2.45) is 5.92 Å². The van der Waals surface area contributed by atoms with Crippen molar-refractivity contribution in [3.05, 3.63) is 95.6 Å². The van der Waals surface area contributed by atoms with Crippen molar-refractivity contribution in [2.75, 3.05) is 6.61 Å². The molecule has 0 bridgehead atoms. The molecule has 1 aliphatic rings. The SMILES string of the molecule is C=Cc1ccc(-c2ccc(CCC3CCC(c4ccc(OCC)c(F)c4F)CC3)cc2)cc1. The van der Waals surface area contributed by atoms with Gasteiger partial charge in [0, 0.05) is 0 Å². The summed E-state index contributed by atoms with van der Waals surface area (Å²) in [5, 5.41) is 0. The second-order valence-electron chi connectivity index (χ2n) is 8.99. The fourth-order valence-corrected chi connectivity index (χ4v) is 4.94. The summed E-state index contributed by atoms with van der Waals surface area (Å²) in [6.45, 7) is 5.90. The predicted molar refractivity (Wildman–Crippen MR) is 133 cm³/mol. The molecule has 0 unspecified atom stereocenters. The average molecular weight is 447 g/mol. The third-order valence-electron chi connectivity index (χ3n) is 6.94. The van der Waals surface area contributed by atoms with E-state index in [2.05, 4.69) is 55.1 Å². The van der Waals surface area contributed by atoms with Gasteiger partial charge in [-0.2, -0.15) is 4.39 Å². The van der Waals surface area contributed by atoms with E-state index in [-0.39, 0.29) is 11.7 Å². The Morgan fingerprint density at radius 2 is 1.48 bits per heavy atom. The van der Waals surface area contributed by atoms with Crippen molar-refractivity contribution in [3.63, 3.8) is 0 Å². The number of rotatable bonds is 8. The second-order valence-corrected chi connectivity index (χ2v) is 8.99. The maximum absolute atomic E-state index is 14.6. The van der Waals surface area contributed by atoms with Gasteiger partial charge in [-0.25, -0.2) is 4.39 Å². The van der Waals surface area contributed by atoms with Crippen LogP contribution in [-0.4, -0.2) is 6.61 Å². The summed E-state index contributed by atoms with van der Waals surface area (Å²) in [5.74, 6) is -0.839. The van der Waals surface area contributed by atoms with Gasteiger partial charge in [-0.3, -0.25) is 0 Å². The number of hydrogen-bond acceptors (Lipinski definition) is 1. The van der Waals surface area contributed by atoms with Crippen LogP contribution in [0.5, 0.6) is 5.75 Å². The summed E-state index contributed by atoms with van der Waals surface area (Å²) in [5.41, 5.74) is 5.41. The Balaban J connectivity index is 1.29. The van der Waals surface area contributed by atoms with Crippen LogP contribution in [0.1, 0.15) is 61.6 Å². The summed E-state index contributed by atoms with van der Waals surface area (Å²) in [7, 11) is 0. The van der Waals surface area contributed by atoms with E-state index in [9.17, 15) is 8.78 Å². The van der Waals surface area contributed by atoms with E-state index >= 15 is 0 Å². The quantitative estimate of drug-likeness (QED) is 0.337. The van der Waals surface area contributed by atoms with Crippen LogP contribution in [0.25, 0.3) is 17.2 Å². The van der Waals surface area contributed by atoms with Crippen molar-refractivity contribution in [3.8, 4) is 16.9 Å². The van der Waals surface area contributed by atoms with E-state index in [1.54, 1.807) is 19.1 Å². The Labute approximate surface area is 196 Å². The molecule has 0 spiro atoms. The molecule has 3 aromatic carbocycles. The number of benzene rings is 3. The average Bonchev–Trinajstić information content (AvgIpc) is 2.87. The molecular formula is C30H32F2O. The third-order valence-corrected chi connectivity index (χ3v) is 6.94. The van der Waals surface area contributed by atoms with Crippen LogP contribution in [0.4, 0.5) is 8.78 Å². The van der Waals surface area contributed by atoms with Gasteiger partial charge in [0.2, 0.25) is 5.82 Å². The molecular weight excluding hydrogens is 414 g/mol. The van der Waals surface area contributed by atoms with E-state index in [4.69, 9.17) is 4.74 Å². The Morgan fingerprint density at radius 1 is 0.848 bits per heavy atom. The molecule has 0 atom stereocenters. The molecule has 1 aliphatic carbocycles. The van der Waals surface area contributed by atoms with Crippen LogP contribution in [0.2, 0.25) is 0 Å². The third kappa shape index (κ3) is 5.52. The zero-order valence-corrected chi connectivity index (χ0v) is 19.3. The molecule has 0 heterocycles. The summed E-state index contributed by atoms with van der Waals surface area (Å²) < 4.78 is 34.0. The molecule has 0 amide bonds. The molecule has 3 aromatic rings. The lowest BCUT2D eigenvalue weighted by molar-refractivity contribution is 0.297. The monoisotopic (exact) mass is 446 g/mol. The highest BCUT2D eigenvalue weighted by Crippen LogP contribution is 2.40. The fourth-order valence-electron chi connectivity index (χ4n) is 4.94. The summed E-state index contributed by atoms with van der Waals surface area (Å²) in [4.78, 5) is 0. The number of ether oxygens (including phenoxy) is 1. The highest BCUT2D eigenvalue weighted by atomic mass is 19.2. The predicted octanol–water partition coefficient (Wildman–Crippen LogP) is 8.58. The molecule has 172 valence electrons. The lowest BCUT2D eigenvalue weighted by Crippen LogP contribution is -2.15. The Hall–Kier alpha value is -2.94. The van der Waals surface area contributed by atoms with Crippen LogP contribution < -0.4 is 4.74 Å². The highest BCUT2D eigenvalue weighted by Gasteiger charge is 2.26. The van der Waals surface area contributed by atoms with Crippen molar-refractivity contribution in [1.82, 2.24) is 0 Å². The first-order valence-electron chi connectivity index (χ1n) is 12.0. The van der Waals surface area contributed by atoms with Gasteiger partial charge in [0.15, 0.2) is 11.6 Å². The Morgan fingerprint density at radius 3 is 2.09 bits per heavy atom. The molecule has 1 nitrogen and oxygen atoms in total. The molecule has 0 radical (unpaired) electrons. The topological polar surface area (TPSA) is 9.23 Å². The molecule has 1 fully saturated rings. The number of halogens is 2. The summed E-state index contributed by atoms with van der Waals surface area (Å²) in [6, 6.07) is 20.5. The van der Waals surface area contributed by atoms with Crippen molar-refractivity contribution in [1.29, 1.82) is 0 Å². The Kier molecular flexibility index (Phi) is 7.59. The first kappa shape index (κ1) is 23.2. The van der Waals surface area contributed by atoms with Gasteiger partial charge in [0.25, 0.3) is 0 Å². The van der Waals surface area contributed by atoms with Gasteiger partial charge in [0.05, 0.1) is 6.61 Å². The summed E-state index contributed by atoms with van der Waals surface area (Å²) in [6.07, 6.45) is 7.99. The van der Waals surface area contributed by atoms with Crippen molar-refractivity contribution < 1.29 is 13.5 Å². The van der Waals surface area contributed by atoms with E-state index in [0.29, 0.717) is 18.1 Å². The minimum atomic E-state index is -0.850. The fraction of sp³-hybridized carbons (Fsp3) is 0.333. The van der Waals surface area contributed by atoms with Gasteiger partial charge in [-0.05, 0) is 91.2 Å². The van der Waals surface area contributed by atoms with Gasteiger partial charge in [0.1, 0.15) is 0 Å². The first-order chi connectivity index (χ1) is 16.1. The maximum atomic E-state index is 14.6. The van der Waals surface area contributed by atoms with E-state index < -0.39 is 11.6 Å². The molecule has 33 heavy (non-hydrogen) atoms. The normalized spacial score (nSPS) is 18.2. The van der Waals surface area contributed by atoms with Gasteiger partial charge < -0.3 is 4.74 Å². The van der Waals surface area contributed by atoms with Gasteiger partial charge >= 0.3 is 0 Å². The van der Waals surface area contributed by atoms with E-state index in [0.717, 1.165) is 44.1 Å². The van der Waals surface area contributed by atoms with E-state index in [1.165, 1.54) is 16.7 Å². The van der Waals surface area contributed by atoms with Gasteiger partial charge in [-0.1, -0.05) is 67.3 Å². The van der Waals surface area contributed by atoms with Crippen molar-refractivity contribution >= 4 is 6.08 Å². The van der Waals surface area contributed by atoms with Crippen LogP contribution in [0, 0.1) is 17.6 Å². The molecule has 4 rings (SSSR count). The molecule has 0 N–H and O–H groups in total. The lowest BCUT2D eigenvalue weighted by Gasteiger charge is -2.29. The van der Waals surface area contributed by atoms with Crippen LogP contribution in [0.15, 0.2) is 67.2 Å². The lowest BCUT2D eigenvalue weighted by atomic mass is 9.76. The van der Waals surface area contributed by atoms with Crippen LogP contribution >= 0.6 is 0 Å². The van der Waals surface area contributed by atoms with E-state index in [1.807, 2.05) is 6.08 Å². The number of aryl methyl sites for hydroxylation is 1. The molecule has 0 aromatic heterocycles. The molecule has 1 saturated carbocycles. The zero-order chi connectivity index (χ0) is 23.2. The second kappa shape index (κ2) is 10.8. The minimum absolute atomic E-state index is 0.00670. The minimum Gasteiger partial charge on any atom is -0.491 e. The largest absolute Gasteiger partial charge is 0.491 e. The zero-order valence-electron chi connectivity index (χ0n) is 19.3. The number of hydrogen-bond donors (Lipinski definition) is 0. The highest BCUT2D eigenvalue weighted by molar-refractivity contribution is 5.65. The molecule has 0 aliphatic heterocycles. The van der Waals surface area contributed by atoms with Crippen LogP contribution in [0.3, 0.4) is 0 Å². The molecule has 3 heteroatoms. The Bertz CT molecular complexity index is 1060. The van der Waals surface area contributed by atoms with Crippen LogP contribution in [-0.2, 0) is 6.42 Å². The summed E-state index contributed by atoms with van der Waals surface area (Å²) >= 11 is 0. The molecule has 0 saturated heterocycles. The first-order valence-corrected chi connectivity index (χ1v) is 12.0. The van der Waals surface area contributed by atoms with Crippen molar-refractivity contribution in [2.45, 2.75) is 51.4 Å².